The Morgan fingerprint density at radius 1 is 1.45 bits per heavy atom. The summed E-state index contributed by atoms with van der Waals surface area (Å²) in [4.78, 5) is 15.1. The van der Waals surface area contributed by atoms with E-state index in [9.17, 15) is 4.79 Å². The molecule has 1 aromatic heterocycles. The zero-order chi connectivity index (χ0) is 14.7. The third-order valence-corrected chi connectivity index (χ3v) is 2.71. The highest BCUT2D eigenvalue weighted by atomic mass is 16.5. The van der Waals surface area contributed by atoms with Gasteiger partial charge in [0.25, 0.3) is 5.82 Å². The summed E-state index contributed by atoms with van der Waals surface area (Å²) in [6.45, 7) is 6.36. The highest BCUT2D eigenvalue weighted by Crippen LogP contribution is 2.21. The summed E-state index contributed by atoms with van der Waals surface area (Å²) < 4.78 is 7.00. The topological polar surface area (TPSA) is 77.2 Å². The number of rotatable bonds is 5. The van der Waals surface area contributed by atoms with Crippen LogP contribution in [0.5, 0.6) is 5.75 Å². The molecule has 1 aromatic carbocycles. The highest BCUT2D eigenvalue weighted by Gasteiger charge is 2.18. The van der Waals surface area contributed by atoms with Crippen molar-refractivity contribution in [2.24, 2.45) is 0 Å². The molecule has 1 heterocycles. The Morgan fingerprint density at radius 3 is 2.80 bits per heavy atom. The Labute approximate surface area is 117 Å². The van der Waals surface area contributed by atoms with Crippen LogP contribution in [0.25, 0.3) is 5.69 Å². The Bertz CT molecular complexity index is 620. The molecule has 0 bridgehead atoms. The highest BCUT2D eigenvalue weighted by molar-refractivity contribution is 5.83. The van der Waals surface area contributed by atoms with Crippen molar-refractivity contribution >= 4 is 5.97 Å². The maximum atomic E-state index is 11.0. The maximum Gasteiger partial charge on any atom is 0.375 e. The predicted octanol–water partition coefficient (Wildman–Crippen LogP) is 2.49. The van der Waals surface area contributed by atoms with E-state index < -0.39 is 5.97 Å². The van der Waals surface area contributed by atoms with Gasteiger partial charge in [0.05, 0.1) is 12.3 Å². The van der Waals surface area contributed by atoms with Gasteiger partial charge in [0, 0.05) is 12.0 Å². The van der Waals surface area contributed by atoms with E-state index in [0.29, 0.717) is 18.2 Å². The number of nitrogens with zero attached hydrogens (tertiary/aromatic N) is 3. The van der Waals surface area contributed by atoms with Gasteiger partial charge in [-0.1, -0.05) is 19.9 Å². The molecule has 106 valence electrons. The number of aromatic carboxylic acids is 1. The monoisotopic (exact) mass is 275 g/mol. The number of aromatic nitrogens is 3. The number of hydrogen-bond acceptors (Lipinski definition) is 4. The first-order valence-corrected chi connectivity index (χ1v) is 6.46. The average Bonchev–Trinajstić information content (AvgIpc) is 2.85. The molecule has 6 nitrogen and oxygen atoms in total. The number of hydrogen-bond donors (Lipinski definition) is 1. The van der Waals surface area contributed by atoms with Gasteiger partial charge < -0.3 is 9.84 Å². The Kier molecular flexibility index (Phi) is 4.02. The van der Waals surface area contributed by atoms with Crippen molar-refractivity contribution in [2.75, 3.05) is 6.61 Å². The smallest absolute Gasteiger partial charge is 0.375 e. The molecular formula is C14H17N3O3. The van der Waals surface area contributed by atoms with E-state index in [1.807, 2.05) is 45.0 Å². The van der Waals surface area contributed by atoms with E-state index in [2.05, 4.69) is 10.1 Å². The molecule has 0 radical (unpaired) electrons. The van der Waals surface area contributed by atoms with Crippen LogP contribution in [-0.2, 0) is 0 Å². The van der Waals surface area contributed by atoms with Crippen LogP contribution in [-0.4, -0.2) is 32.4 Å². The first kappa shape index (κ1) is 14.0. The Morgan fingerprint density at radius 2 is 2.20 bits per heavy atom. The number of carbonyl (C=O) groups is 1. The molecule has 2 aromatic rings. The van der Waals surface area contributed by atoms with Crippen molar-refractivity contribution in [3.8, 4) is 11.4 Å². The normalized spacial score (nSPS) is 10.8. The molecule has 0 spiro atoms. The summed E-state index contributed by atoms with van der Waals surface area (Å²) in [7, 11) is 0. The van der Waals surface area contributed by atoms with E-state index in [0.717, 1.165) is 5.69 Å². The standard InChI is InChI=1S/C14H17N3O3/c1-4-20-11-7-5-6-10(8-11)17-13(9(2)3)15-12(16-17)14(18)19/h5-9H,4H2,1-3H3,(H,18,19). The minimum atomic E-state index is -1.13. The number of carboxylic acid groups (broad SMARTS) is 1. The van der Waals surface area contributed by atoms with Crippen molar-refractivity contribution < 1.29 is 14.6 Å². The van der Waals surface area contributed by atoms with Gasteiger partial charge in [-0.25, -0.2) is 14.5 Å². The van der Waals surface area contributed by atoms with Gasteiger partial charge in [-0.15, -0.1) is 5.10 Å². The van der Waals surface area contributed by atoms with E-state index in [-0.39, 0.29) is 11.7 Å². The average molecular weight is 275 g/mol. The largest absolute Gasteiger partial charge is 0.494 e. The van der Waals surface area contributed by atoms with Crippen LogP contribution < -0.4 is 4.74 Å². The van der Waals surface area contributed by atoms with Crippen LogP contribution in [0.4, 0.5) is 0 Å². The quantitative estimate of drug-likeness (QED) is 0.907. The third kappa shape index (κ3) is 2.79. The van der Waals surface area contributed by atoms with Gasteiger partial charge in [0.2, 0.25) is 0 Å². The molecule has 6 heteroatoms. The lowest BCUT2D eigenvalue weighted by Gasteiger charge is -2.09. The molecule has 0 aliphatic heterocycles. The summed E-state index contributed by atoms with van der Waals surface area (Å²) in [5, 5.41) is 13.1. The van der Waals surface area contributed by atoms with Crippen molar-refractivity contribution in [2.45, 2.75) is 26.7 Å². The van der Waals surface area contributed by atoms with Crippen molar-refractivity contribution in [1.29, 1.82) is 0 Å². The van der Waals surface area contributed by atoms with Crippen molar-refractivity contribution in [1.82, 2.24) is 14.8 Å². The maximum absolute atomic E-state index is 11.0. The number of carboxylic acids is 1. The molecule has 0 saturated heterocycles. The molecule has 0 aliphatic carbocycles. The van der Waals surface area contributed by atoms with Gasteiger partial charge in [-0.05, 0) is 19.1 Å². The van der Waals surface area contributed by atoms with E-state index in [4.69, 9.17) is 9.84 Å². The molecule has 20 heavy (non-hydrogen) atoms. The lowest BCUT2D eigenvalue weighted by atomic mass is 10.2. The molecule has 2 rings (SSSR count). The third-order valence-electron chi connectivity index (χ3n) is 2.71. The fourth-order valence-electron chi connectivity index (χ4n) is 1.85. The van der Waals surface area contributed by atoms with Crippen LogP contribution >= 0.6 is 0 Å². The zero-order valence-electron chi connectivity index (χ0n) is 11.7. The molecule has 0 saturated carbocycles. The van der Waals surface area contributed by atoms with Crippen LogP contribution in [0.2, 0.25) is 0 Å². The first-order chi connectivity index (χ1) is 9.52. The van der Waals surface area contributed by atoms with Crippen LogP contribution in [0.15, 0.2) is 24.3 Å². The number of benzene rings is 1. The second-order valence-corrected chi connectivity index (χ2v) is 4.60. The molecule has 0 aliphatic rings. The Balaban J connectivity index is 2.50. The van der Waals surface area contributed by atoms with Gasteiger partial charge in [0.1, 0.15) is 11.6 Å². The van der Waals surface area contributed by atoms with Gasteiger partial charge in [0.15, 0.2) is 0 Å². The minimum Gasteiger partial charge on any atom is -0.494 e. The molecule has 0 unspecified atom stereocenters. The van der Waals surface area contributed by atoms with E-state index >= 15 is 0 Å². The summed E-state index contributed by atoms with van der Waals surface area (Å²) in [6.07, 6.45) is 0. The summed E-state index contributed by atoms with van der Waals surface area (Å²) in [6, 6.07) is 7.34. The molecular weight excluding hydrogens is 258 g/mol. The van der Waals surface area contributed by atoms with Crippen LogP contribution in [0, 0.1) is 0 Å². The minimum absolute atomic E-state index is 0.0614. The molecule has 1 N–H and O–H groups in total. The lowest BCUT2D eigenvalue weighted by molar-refractivity contribution is 0.0683. The molecule has 0 amide bonds. The van der Waals surface area contributed by atoms with Crippen LogP contribution in [0.1, 0.15) is 43.1 Å². The molecule has 0 atom stereocenters. The summed E-state index contributed by atoms with van der Waals surface area (Å²) >= 11 is 0. The Hall–Kier alpha value is -2.37. The first-order valence-electron chi connectivity index (χ1n) is 6.46. The van der Waals surface area contributed by atoms with Gasteiger partial charge in [-0.3, -0.25) is 0 Å². The lowest BCUT2D eigenvalue weighted by Crippen LogP contribution is -2.05. The second kappa shape index (κ2) is 5.73. The number of ether oxygens (including phenoxy) is 1. The summed E-state index contributed by atoms with van der Waals surface area (Å²) in [5.74, 6) is 0.0524. The van der Waals surface area contributed by atoms with Crippen LogP contribution in [0.3, 0.4) is 0 Å². The van der Waals surface area contributed by atoms with E-state index in [1.165, 1.54) is 0 Å². The van der Waals surface area contributed by atoms with Gasteiger partial charge in [-0.2, -0.15) is 0 Å². The SMILES string of the molecule is CCOc1cccc(-n2nc(C(=O)O)nc2C(C)C)c1. The van der Waals surface area contributed by atoms with Crippen molar-refractivity contribution in [3.63, 3.8) is 0 Å². The molecule has 0 fully saturated rings. The van der Waals surface area contributed by atoms with Gasteiger partial charge >= 0.3 is 5.97 Å². The second-order valence-electron chi connectivity index (χ2n) is 4.60. The fourth-order valence-corrected chi connectivity index (χ4v) is 1.85. The van der Waals surface area contributed by atoms with E-state index in [1.54, 1.807) is 4.68 Å². The zero-order valence-corrected chi connectivity index (χ0v) is 11.7. The summed E-state index contributed by atoms with van der Waals surface area (Å²) in [5.41, 5.74) is 0.736. The van der Waals surface area contributed by atoms with Crippen molar-refractivity contribution in [3.05, 3.63) is 35.9 Å². The predicted molar refractivity (Wildman–Crippen MR) is 73.6 cm³/mol. The fraction of sp³-hybridized carbons (Fsp3) is 0.357.